The Kier molecular flexibility index (Phi) is 4.30. The van der Waals surface area contributed by atoms with Crippen LogP contribution in [0.1, 0.15) is 5.56 Å². The number of thiocarbonyl (C=S) groups is 1. The lowest BCUT2D eigenvalue weighted by Gasteiger charge is -2.11. The molecule has 0 unspecified atom stereocenters. The van der Waals surface area contributed by atoms with Crippen molar-refractivity contribution in [3.8, 4) is 0 Å². The molecule has 0 fully saturated rings. The Morgan fingerprint density at radius 2 is 1.64 bits per heavy atom. The van der Waals surface area contributed by atoms with Crippen LogP contribution in [0.25, 0.3) is 10.8 Å². The van der Waals surface area contributed by atoms with E-state index in [2.05, 4.69) is 34.9 Å². The van der Waals surface area contributed by atoms with Crippen LogP contribution in [0, 0.1) is 5.82 Å². The van der Waals surface area contributed by atoms with Crippen LogP contribution in [-0.2, 0) is 6.54 Å². The third kappa shape index (κ3) is 3.59. The maximum Gasteiger partial charge on any atom is 0.171 e. The van der Waals surface area contributed by atoms with Gasteiger partial charge in [0.05, 0.1) is 0 Å². The van der Waals surface area contributed by atoms with Gasteiger partial charge in [0, 0.05) is 12.2 Å². The highest BCUT2D eigenvalue weighted by Gasteiger charge is 2.00. The van der Waals surface area contributed by atoms with Gasteiger partial charge in [0.15, 0.2) is 5.11 Å². The monoisotopic (exact) mass is 310 g/mol. The van der Waals surface area contributed by atoms with E-state index in [-0.39, 0.29) is 5.82 Å². The highest BCUT2D eigenvalue weighted by molar-refractivity contribution is 7.80. The maximum atomic E-state index is 12.8. The minimum Gasteiger partial charge on any atom is -0.358 e. The molecule has 0 aromatic heterocycles. The number of benzene rings is 3. The van der Waals surface area contributed by atoms with E-state index in [1.54, 1.807) is 12.1 Å². The number of hydrogen-bond acceptors (Lipinski definition) is 1. The molecule has 0 heterocycles. The molecule has 0 saturated carbocycles. The number of anilines is 1. The molecule has 2 nitrogen and oxygen atoms in total. The van der Waals surface area contributed by atoms with Crippen molar-refractivity contribution in [2.24, 2.45) is 0 Å². The minimum absolute atomic E-state index is 0.236. The van der Waals surface area contributed by atoms with Crippen LogP contribution >= 0.6 is 12.2 Å². The van der Waals surface area contributed by atoms with Crippen molar-refractivity contribution < 1.29 is 4.39 Å². The molecule has 0 radical (unpaired) electrons. The third-order valence-electron chi connectivity index (χ3n) is 3.37. The fourth-order valence-corrected chi connectivity index (χ4v) is 2.42. The molecule has 22 heavy (non-hydrogen) atoms. The highest BCUT2D eigenvalue weighted by atomic mass is 32.1. The topological polar surface area (TPSA) is 24.1 Å². The van der Waals surface area contributed by atoms with Gasteiger partial charge in [-0.25, -0.2) is 4.39 Å². The van der Waals surface area contributed by atoms with Crippen LogP contribution in [0.2, 0.25) is 0 Å². The fourth-order valence-electron chi connectivity index (χ4n) is 2.23. The molecule has 0 atom stereocenters. The number of rotatable bonds is 3. The van der Waals surface area contributed by atoms with E-state index in [1.165, 1.54) is 17.5 Å². The normalized spacial score (nSPS) is 10.4. The van der Waals surface area contributed by atoms with E-state index in [4.69, 9.17) is 12.2 Å². The summed E-state index contributed by atoms with van der Waals surface area (Å²) < 4.78 is 12.8. The van der Waals surface area contributed by atoms with Crippen LogP contribution < -0.4 is 10.6 Å². The van der Waals surface area contributed by atoms with Crippen LogP contribution in [0.4, 0.5) is 10.1 Å². The van der Waals surface area contributed by atoms with E-state index in [9.17, 15) is 4.39 Å². The van der Waals surface area contributed by atoms with Crippen LogP contribution in [0.15, 0.2) is 66.7 Å². The second kappa shape index (κ2) is 6.54. The Bertz CT molecular complexity index is 800. The molecule has 0 amide bonds. The predicted octanol–water partition coefficient (Wildman–Crippen LogP) is 4.47. The molecule has 3 rings (SSSR count). The number of halogens is 1. The summed E-state index contributed by atoms with van der Waals surface area (Å²) in [6, 6.07) is 20.6. The molecular formula is C18H15FN2S. The Morgan fingerprint density at radius 1 is 0.909 bits per heavy atom. The van der Waals surface area contributed by atoms with Gasteiger partial charge < -0.3 is 10.6 Å². The summed E-state index contributed by atoms with van der Waals surface area (Å²) in [5.41, 5.74) is 1.92. The summed E-state index contributed by atoms with van der Waals surface area (Å²) >= 11 is 5.29. The molecule has 2 N–H and O–H groups in total. The molecule has 0 aliphatic carbocycles. The Morgan fingerprint density at radius 3 is 2.41 bits per heavy atom. The SMILES string of the molecule is Fc1ccc(CNC(=S)Nc2ccc3ccccc3c2)cc1. The molecule has 0 bridgehead atoms. The molecule has 3 aromatic rings. The lowest BCUT2D eigenvalue weighted by Crippen LogP contribution is -2.27. The van der Waals surface area contributed by atoms with Gasteiger partial charge in [0.2, 0.25) is 0 Å². The maximum absolute atomic E-state index is 12.8. The van der Waals surface area contributed by atoms with E-state index in [1.807, 2.05) is 18.2 Å². The van der Waals surface area contributed by atoms with Gasteiger partial charge in [0.1, 0.15) is 5.82 Å². The van der Waals surface area contributed by atoms with Gasteiger partial charge in [-0.2, -0.15) is 0 Å². The smallest absolute Gasteiger partial charge is 0.171 e. The van der Waals surface area contributed by atoms with Crippen LogP contribution in [-0.4, -0.2) is 5.11 Å². The van der Waals surface area contributed by atoms with Crippen molar-refractivity contribution in [2.45, 2.75) is 6.54 Å². The zero-order chi connectivity index (χ0) is 15.4. The van der Waals surface area contributed by atoms with Gasteiger partial charge in [0.25, 0.3) is 0 Å². The first-order valence-electron chi connectivity index (χ1n) is 6.99. The highest BCUT2D eigenvalue weighted by Crippen LogP contribution is 2.18. The number of fused-ring (bicyclic) bond motifs is 1. The molecule has 110 valence electrons. The molecule has 4 heteroatoms. The fraction of sp³-hybridized carbons (Fsp3) is 0.0556. The van der Waals surface area contributed by atoms with Crippen LogP contribution in [0.3, 0.4) is 0 Å². The largest absolute Gasteiger partial charge is 0.358 e. The molecule has 0 spiro atoms. The lowest BCUT2D eigenvalue weighted by molar-refractivity contribution is 0.627. The first-order valence-corrected chi connectivity index (χ1v) is 7.40. The Labute approximate surface area is 134 Å². The second-order valence-corrected chi connectivity index (χ2v) is 5.40. The van der Waals surface area contributed by atoms with Crippen molar-refractivity contribution in [2.75, 3.05) is 5.32 Å². The molecule has 0 aliphatic heterocycles. The second-order valence-electron chi connectivity index (χ2n) is 5.00. The van der Waals surface area contributed by atoms with Crippen molar-refractivity contribution in [3.63, 3.8) is 0 Å². The summed E-state index contributed by atoms with van der Waals surface area (Å²) in [5, 5.41) is 9.17. The summed E-state index contributed by atoms with van der Waals surface area (Å²) in [6.07, 6.45) is 0. The zero-order valence-electron chi connectivity index (χ0n) is 11.8. The Balaban J connectivity index is 1.61. The summed E-state index contributed by atoms with van der Waals surface area (Å²) in [5.74, 6) is -0.236. The number of hydrogen-bond donors (Lipinski definition) is 2. The van der Waals surface area contributed by atoms with Crippen molar-refractivity contribution >= 4 is 33.8 Å². The van der Waals surface area contributed by atoms with Crippen molar-refractivity contribution in [1.29, 1.82) is 0 Å². The first kappa shape index (κ1) is 14.5. The van der Waals surface area contributed by atoms with Gasteiger partial charge in [-0.15, -0.1) is 0 Å². The average Bonchev–Trinajstić information content (AvgIpc) is 2.54. The molecular weight excluding hydrogens is 295 g/mol. The van der Waals surface area contributed by atoms with E-state index >= 15 is 0 Å². The van der Waals surface area contributed by atoms with Gasteiger partial charge in [-0.3, -0.25) is 0 Å². The average molecular weight is 310 g/mol. The molecule has 3 aromatic carbocycles. The molecule has 0 saturated heterocycles. The third-order valence-corrected chi connectivity index (χ3v) is 3.62. The summed E-state index contributed by atoms with van der Waals surface area (Å²) in [6.45, 7) is 0.555. The standard InChI is InChI=1S/C18H15FN2S/c19-16-8-5-13(6-9-16)12-20-18(22)21-17-10-7-14-3-1-2-4-15(14)11-17/h1-11H,12H2,(H2,20,21,22). The number of nitrogens with one attached hydrogen (secondary N) is 2. The van der Waals surface area contributed by atoms with E-state index in [0.29, 0.717) is 11.7 Å². The molecule has 0 aliphatic rings. The predicted molar refractivity (Wildman–Crippen MR) is 93.4 cm³/mol. The van der Waals surface area contributed by atoms with Crippen LogP contribution in [0.5, 0.6) is 0 Å². The quantitative estimate of drug-likeness (QED) is 0.698. The zero-order valence-corrected chi connectivity index (χ0v) is 12.7. The van der Waals surface area contributed by atoms with Gasteiger partial charge in [-0.1, -0.05) is 42.5 Å². The first-order chi connectivity index (χ1) is 10.7. The van der Waals surface area contributed by atoms with Gasteiger partial charge in [-0.05, 0) is 52.8 Å². The lowest BCUT2D eigenvalue weighted by atomic mass is 10.1. The summed E-state index contributed by atoms with van der Waals surface area (Å²) in [4.78, 5) is 0. The van der Waals surface area contributed by atoms with Crippen molar-refractivity contribution in [1.82, 2.24) is 5.32 Å². The minimum atomic E-state index is -0.236. The summed E-state index contributed by atoms with van der Waals surface area (Å²) in [7, 11) is 0. The van der Waals surface area contributed by atoms with E-state index < -0.39 is 0 Å². The van der Waals surface area contributed by atoms with E-state index in [0.717, 1.165) is 16.6 Å². The Hall–Kier alpha value is -2.46. The van der Waals surface area contributed by atoms with Gasteiger partial charge >= 0.3 is 0 Å². The van der Waals surface area contributed by atoms with Crippen molar-refractivity contribution in [3.05, 3.63) is 78.1 Å².